The number of hydrogen-bond acceptors (Lipinski definition) is 6. The lowest BCUT2D eigenvalue weighted by molar-refractivity contribution is 0.0962. The molecule has 0 aliphatic carbocycles. The van der Waals surface area contributed by atoms with Crippen molar-refractivity contribution in [2.24, 2.45) is 0 Å². The molecule has 2 aliphatic rings. The number of nitrogens with zero attached hydrogens (tertiary/aromatic N) is 3. The summed E-state index contributed by atoms with van der Waals surface area (Å²) in [7, 11) is 1.62. The molecule has 0 atom stereocenters. The largest absolute Gasteiger partial charge is 0.454 e. The van der Waals surface area contributed by atoms with Gasteiger partial charge in [0, 0.05) is 46.0 Å². The number of pyridine rings is 1. The van der Waals surface area contributed by atoms with Crippen molar-refractivity contribution in [1.29, 1.82) is 0 Å². The van der Waals surface area contributed by atoms with Gasteiger partial charge in [-0.1, -0.05) is 6.07 Å². The lowest BCUT2D eigenvalue weighted by Gasteiger charge is -2.35. The Kier molecular flexibility index (Phi) is 4.62. The molecule has 26 heavy (non-hydrogen) atoms. The van der Waals surface area contributed by atoms with E-state index in [1.54, 1.807) is 13.2 Å². The van der Waals surface area contributed by atoms with Gasteiger partial charge >= 0.3 is 0 Å². The number of ether oxygens (including phenoxy) is 2. The third-order valence-corrected chi connectivity index (χ3v) is 4.78. The number of fused-ring (bicyclic) bond motifs is 1. The minimum absolute atomic E-state index is 0.113. The van der Waals surface area contributed by atoms with Crippen LogP contribution in [0.25, 0.3) is 0 Å². The van der Waals surface area contributed by atoms with Crippen LogP contribution in [0.2, 0.25) is 0 Å². The molecule has 1 aromatic carbocycles. The molecule has 7 heteroatoms. The van der Waals surface area contributed by atoms with Gasteiger partial charge in [0.2, 0.25) is 6.79 Å². The smallest absolute Gasteiger partial charge is 0.252 e. The Morgan fingerprint density at radius 3 is 2.65 bits per heavy atom. The van der Waals surface area contributed by atoms with Gasteiger partial charge in [0.25, 0.3) is 5.91 Å². The first-order chi connectivity index (χ1) is 12.7. The van der Waals surface area contributed by atoms with Crippen molar-refractivity contribution in [3.8, 4) is 11.5 Å². The number of piperazine rings is 1. The van der Waals surface area contributed by atoms with Gasteiger partial charge in [0.15, 0.2) is 11.5 Å². The molecular formula is C19H22N4O3. The van der Waals surface area contributed by atoms with Crippen LogP contribution in [0.4, 0.5) is 5.82 Å². The van der Waals surface area contributed by atoms with Crippen LogP contribution in [-0.2, 0) is 6.54 Å². The predicted octanol–water partition coefficient (Wildman–Crippen LogP) is 1.49. The summed E-state index contributed by atoms with van der Waals surface area (Å²) in [5, 5.41) is 2.61. The van der Waals surface area contributed by atoms with Crippen LogP contribution >= 0.6 is 0 Å². The van der Waals surface area contributed by atoms with Gasteiger partial charge in [0.1, 0.15) is 5.82 Å². The molecule has 0 unspecified atom stereocenters. The Labute approximate surface area is 152 Å². The van der Waals surface area contributed by atoms with Crippen LogP contribution in [0, 0.1) is 0 Å². The van der Waals surface area contributed by atoms with E-state index in [0.717, 1.165) is 50.0 Å². The molecule has 0 radical (unpaired) electrons. The summed E-state index contributed by atoms with van der Waals surface area (Å²) in [5.41, 5.74) is 1.81. The van der Waals surface area contributed by atoms with Crippen LogP contribution in [-0.4, -0.2) is 55.8 Å². The van der Waals surface area contributed by atoms with Gasteiger partial charge < -0.3 is 19.7 Å². The second kappa shape index (κ2) is 7.21. The Morgan fingerprint density at radius 2 is 1.92 bits per heavy atom. The van der Waals surface area contributed by atoms with Crippen LogP contribution in [0.5, 0.6) is 11.5 Å². The van der Waals surface area contributed by atoms with Gasteiger partial charge in [-0.3, -0.25) is 9.69 Å². The standard InChI is InChI=1S/C19H22N4O3/c1-20-19(24)15-3-5-18(21-11-15)23-8-6-22(7-9-23)12-14-2-4-16-17(10-14)26-13-25-16/h2-5,10-11H,6-9,12-13H2,1H3,(H,20,24). The summed E-state index contributed by atoms with van der Waals surface area (Å²) in [5.74, 6) is 2.46. The average molecular weight is 354 g/mol. The number of carbonyl (C=O) groups is 1. The number of nitrogens with one attached hydrogen (secondary N) is 1. The predicted molar refractivity (Wildman–Crippen MR) is 97.7 cm³/mol. The molecule has 1 amide bonds. The molecule has 136 valence electrons. The molecule has 0 bridgehead atoms. The fraction of sp³-hybridized carbons (Fsp3) is 0.368. The number of anilines is 1. The molecule has 2 aliphatic heterocycles. The van der Waals surface area contributed by atoms with Crippen molar-refractivity contribution in [3.05, 3.63) is 47.7 Å². The molecule has 4 rings (SSSR count). The molecule has 1 N–H and O–H groups in total. The topological polar surface area (TPSA) is 66.9 Å². The second-order valence-corrected chi connectivity index (χ2v) is 6.44. The zero-order valence-electron chi connectivity index (χ0n) is 14.8. The molecule has 1 fully saturated rings. The minimum atomic E-state index is -0.113. The maximum Gasteiger partial charge on any atom is 0.252 e. The van der Waals surface area contributed by atoms with Crippen molar-refractivity contribution in [2.45, 2.75) is 6.54 Å². The number of benzene rings is 1. The van der Waals surface area contributed by atoms with Gasteiger partial charge in [-0.2, -0.15) is 0 Å². The summed E-state index contributed by atoms with van der Waals surface area (Å²) >= 11 is 0. The van der Waals surface area contributed by atoms with E-state index >= 15 is 0 Å². The summed E-state index contributed by atoms with van der Waals surface area (Å²) in [6, 6.07) is 9.87. The number of carbonyl (C=O) groups excluding carboxylic acids is 1. The summed E-state index contributed by atoms with van der Waals surface area (Å²) < 4.78 is 10.8. The molecule has 0 spiro atoms. The third kappa shape index (κ3) is 3.43. The first-order valence-corrected chi connectivity index (χ1v) is 8.77. The van der Waals surface area contributed by atoms with Crippen molar-refractivity contribution in [1.82, 2.24) is 15.2 Å². The van der Waals surface area contributed by atoms with E-state index in [2.05, 4.69) is 32.2 Å². The number of amides is 1. The lowest BCUT2D eigenvalue weighted by atomic mass is 10.1. The SMILES string of the molecule is CNC(=O)c1ccc(N2CCN(Cc3ccc4c(c3)OCO4)CC2)nc1. The van der Waals surface area contributed by atoms with Gasteiger partial charge in [-0.05, 0) is 29.8 Å². The minimum Gasteiger partial charge on any atom is -0.454 e. The highest BCUT2D eigenvalue weighted by Gasteiger charge is 2.20. The van der Waals surface area contributed by atoms with Crippen molar-refractivity contribution >= 4 is 11.7 Å². The maximum atomic E-state index is 11.6. The second-order valence-electron chi connectivity index (χ2n) is 6.44. The quantitative estimate of drug-likeness (QED) is 0.897. The van der Waals surface area contributed by atoms with E-state index in [4.69, 9.17) is 9.47 Å². The Bertz CT molecular complexity index is 786. The summed E-state index contributed by atoms with van der Waals surface area (Å²) in [4.78, 5) is 20.7. The molecule has 3 heterocycles. The molecule has 1 aromatic heterocycles. The summed E-state index contributed by atoms with van der Waals surface area (Å²) in [6.45, 7) is 4.96. The maximum absolute atomic E-state index is 11.6. The van der Waals surface area contributed by atoms with E-state index in [9.17, 15) is 4.79 Å². The monoisotopic (exact) mass is 354 g/mol. The molecule has 7 nitrogen and oxygen atoms in total. The van der Waals surface area contributed by atoms with Crippen LogP contribution in [0.3, 0.4) is 0 Å². The number of aromatic nitrogens is 1. The first-order valence-electron chi connectivity index (χ1n) is 8.77. The van der Waals surface area contributed by atoms with E-state index in [1.807, 2.05) is 18.2 Å². The van der Waals surface area contributed by atoms with Gasteiger partial charge in [-0.15, -0.1) is 0 Å². The van der Waals surface area contributed by atoms with E-state index < -0.39 is 0 Å². The van der Waals surface area contributed by atoms with E-state index in [-0.39, 0.29) is 5.91 Å². The van der Waals surface area contributed by atoms with Crippen molar-refractivity contribution < 1.29 is 14.3 Å². The Balaban J connectivity index is 1.33. The Morgan fingerprint density at radius 1 is 1.12 bits per heavy atom. The molecule has 2 aromatic rings. The summed E-state index contributed by atoms with van der Waals surface area (Å²) in [6.07, 6.45) is 1.63. The highest BCUT2D eigenvalue weighted by Crippen LogP contribution is 2.32. The van der Waals surface area contributed by atoms with Crippen molar-refractivity contribution in [2.75, 3.05) is 44.9 Å². The average Bonchev–Trinajstić information content (AvgIpc) is 3.16. The number of rotatable bonds is 4. The normalized spacial score (nSPS) is 16.6. The lowest BCUT2D eigenvalue weighted by Crippen LogP contribution is -2.46. The molecule has 0 saturated carbocycles. The first kappa shape index (κ1) is 16.7. The van der Waals surface area contributed by atoms with Gasteiger partial charge in [-0.25, -0.2) is 4.98 Å². The van der Waals surface area contributed by atoms with Crippen molar-refractivity contribution in [3.63, 3.8) is 0 Å². The van der Waals surface area contributed by atoms with Crippen LogP contribution in [0.1, 0.15) is 15.9 Å². The highest BCUT2D eigenvalue weighted by molar-refractivity contribution is 5.93. The highest BCUT2D eigenvalue weighted by atomic mass is 16.7. The number of hydrogen-bond donors (Lipinski definition) is 1. The molecular weight excluding hydrogens is 332 g/mol. The Hall–Kier alpha value is -2.80. The zero-order valence-corrected chi connectivity index (χ0v) is 14.8. The van der Waals surface area contributed by atoms with Crippen LogP contribution in [0.15, 0.2) is 36.5 Å². The van der Waals surface area contributed by atoms with E-state index in [1.165, 1.54) is 5.56 Å². The van der Waals surface area contributed by atoms with Gasteiger partial charge in [0.05, 0.1) is 5.56 Å². The zero-order chi connectivity index (χ0) is 17.9. The molecule has 1 saturated heterocycles. The fourth-order valence-corrected chi connectivity index (χ4v) is 3.28. The van der Waals surface area contributed by atoms with Crippen LogP contribution < -0.4 is 19.7 Å². The van der Waals surface area contributed by atoms with E-state index in [0.29, 0.717) is 12.4 Å². The fourth-order valence-electron chi connectivity index (χ4n) is 3.28. The third-order valence-electron chi connectivity index (χ3n) is 4.78.